The van der Waals surface area contributed by atoms with E-state index in [-0.39, 0.29) is 29.8 Å². The average Bonchev–Trinajstić information content (AvgIpc) is 3.43. The minimum absolute atomic E-state index is 0. The lowest BCUT2D eigenvalue weighted by molar-refractivity contribution is -0.385. The molecule has 7 nitrogen and oxygen atoms in total. The Hall–Kier alpha value is -1.86. The standard InChI is InChI=1S/C17H23N3O4.ClH/c1-24-16-5-4-13(10-15(16)20(22)23)17(21)19-8-6-14(7-9-19)18-11-12-2-3-12;/h4-5,10,12,14,18H,2-3,6-9,11H2,1H3;1H. The van der Waals surface area contributed by atoms with E-state index in [0.717, 1.165) is 25.3 Å². The summed E-state index contributed by atoms with van der Waals surface area (Å²) in [6, 6.07) is 4.85. The zero-order valence-corrected chi connectivity index (χ0v) is 15.1. The number of methoxy groups -OCH3 is 1. The van der Waals surface area contributed by atoms with Crippen molar-refractivity contribution in [2.24, 2.45) is 5.92 Å². The molecule has 1 saturated heterocycles. The number of amides is 1. The molecule has 1 heterocycles. The molecule has 138 valence electrons. The minimum Gasteiger partial charge on any atom is -0.490 e. The number of likely N-dealkylation sites (tertiary alicyclic amines) is 1. The van der Waals surface area contributed by atoms with Gasteiger partial charge in [-0.05, 0) is 50.3 Å². The third kappa shape index (κ3) is 4.83. The van der Waals surface area contributed by atoms with Crippen molar-refractivity contribution in [2.75, 3.05) is 26.7 Å². The number of piperidine rings is 1. The number of benzene rings is 1. The Morgan fingerprint density at radius 1 is 1.32 bits per heavy atom. The second-order valence-corrected chi connectivity index (χ2v) is 6.56. The maximum Gasteiger partial charge on any atom is 0.311 e. The fourth-order valence-corrected chi connectivity index (χ4v) is 3.09. The molecule has 0 unspecified atom stereocenters. The molecular weight excluding hydrogens is 346 g/mol. The summed E-state index contributed by atoms with van der Waals surface area (Å²) in [7, 11) is 1.38. The molecule has 1 aromatic rings. The number of carbonyl (C=O) groups excluding carboxylic acids is 1. The van der Waals surface area contributed by atoms with Crippen molar-refractivity contribution in [1.29, 1.82) is 0 Å². The molecule has 8 heteroatoms. The highest BCUT2D eigenvalue weighted by atomic mass is 35.5. The van der Waals surface area contributed by atoms with Crippen molar-refractivity contribution < 1.29 is 14.5 Å². The Bertz CT molecular complexity index is 628. The Morgan fingerprint density at radius 3 is 2.56 bits per heavy atom. The van der Waals surface area contributed by atoms with Crippen LogP contribution in [0.2, 0.25) is 0 Å². The Kier molecular flexibility index (Phi) is 6.61. The topological polar surface area (TPSA) is 84.7 Å². The van der Waals surface area contributed by atoms with Crippen LogP contribution in [0.15, 0.2) is 18.2 Å². The number of nitro groups is 1. The van der Waals surface area contributed by atoms with Crippen LogP contribution in [0, 0.1) is 16.0 Å². The summed E-state index contributed by atoms with van der Waals surface area (Å²) in [5, 5.41) is 14.7. The molecule has 0 bridgehead atoms. The van der Waals surface area contributed by atoms with Crippen LogP contribution in [-0.4, -0.2) is 48.5 Å². The van der Waals surface area contributed by atoms with Crippen molar-refractivity contribution >= 4 is 24.0 Å². The van der Waals surface area contributed by atoms with Crippen LogP contribution < -0.4 is 10.1 Å². The fraction of sp³-hybridized carbons (Fsp3) is 0.588. The Morgan fingerprint density at radius 2 is 2.00 bits per heavy atom. The fourth-order valence-electron chi connectivity index (χ4n) is 3.09. The number of rotatable bonds is 6. The number of carbonyl (C=O) groups is 1. The van der Waals surface area contributed by atoms with Crippen molar-refractivity contribution in [3.05, 3.63) is 33.9 Å². The van der Waals surface area contributed by atoms with Gasteiger partial charge in [0.25, 0.3) is 5.91 Å². The molecule has 0 radical (unpaired) electrons. The van der Waals surface area contributed by atoms with Gasteiger partial charge in [-0.25, -0.2) is 0 Å². The molecule has 3 rings (SSSR count). The molecule has 2 aliphatic rings. The van der Waals surface area contributed by atoms with Crippen molar-refractivity contribution in [3.63, 3.8) is 0 Å². The van der Waals surface area contributed by atoms with E-state index in [0.29, 0.717) is 24.7 Å². The summed E-state index contributed by atoms with van der Waals surface area (Å²) in [5.41, 5.74) is 0.163. The van der Waals surface area contributed by atoms with Gasteiger partial charge in [0.2, 0.25) is 0 Å². The number of nitrogens with zero attached hydrogens (tertiary/aromatic N) is 2. The zero-order valence-electron chi connectivity index (χ0n) is 14.3. The first-order valence-corrected chi connectivity index (χ1v) is 8.43. The second kappa shape index (κ2) is 8.49. The van der Waals surface area contributed by atoms with Crippen LogP contribution in [0.3, 0.4) is 0 Å². The van der Waals surface area contributed by atoms with Gasteiger partial charge >= 0.3 is 5.69 Å². The molecule has 1 aliphatic carbocycles. The van der Waals surface area contributed by atoms with E-state index in [1.165, 1.54) is 32.1 Å². The second-order valence-electron chi connectivity index (χ2n) is 6.56. The summed E-state index contributed by atoms with van der Waals surface area (Å²) in [4.78, 5) is 25.0. The third-order valence-electron chi connectivity index (χ3n) is 4.80. The lowest BCUT2D eigenvalue weighted by atomic mass is 10.0. The monoisotopic (exact) mass is 369 g/mol. The van der Waals surface area contributed by atoms with Crippen LogP contribution in [-0.2, 0) is 0 Å². The maximum atomic E-state index is 12.6. The summed E-state index contributed by atoms with van der Waals surface area (Å²) in [6.07, 6.45) is 4.52. The van der Waals surface area contributed by atoms with Gasteiger partial charge in [-0.2, -0.15) is 0 Å². The van der Waals surface area contributed by atoms with Crippen LogP contribution in [0.5, 0.6) is 5.75 Å². The van der Waals surface area contributed by atoms with E-state index >= 15 is 0 Å². The van der Waals surface area contributed by atoms with Gasteiger partial charge < -0.3 is 15.0 Å². The number of nitrogens with one attached hydrogen (secondary N) is 1. The van der Waals surface area contributed by atoms with Crippen molar-refractivity contribution in [1.82, 2.24) is 10.2 Å². The van der Waals surface area contributed by atoms with Gasteiger partial charge in [0.05, 0.1) is 12.0 Å². The summed E-state index contributed by atoms with van der Waals surface area (Å²) in [5.74, 6) is 0.866. The van der Waals surface area contributed by atoms with Gasteiger partial charge in [-0.15, -0.1) is 12.4 Å². The van der Waals surface area contributed by atoms with Gasteiger partial charge in [0.1, 0.15) is 0 Å². The van der Waals surface area contributed by atoms with Crippen molar-refractivity contribution in [2.45, 2.75) is 31.7 Å². The van der Waals surface area contributed by atoms with Gasteiger partial charge in [-0.1, -0.05) is 0 Å². The number of hydrogen-bond donors (Lipinski definition) is 1. The lowest BCUT2D eigenvalue weighted by Gasteiger charge is -2.32. The normalized spacial score (nSPS) is 17.7. The van der Waals surface area contributed by atoms with E-state index in [1.807, 2.05) is 0 Å². The zero-order chi connectivity index (χ0) is 17.1. The van der Waals surface area contributed by atoms with E-state index in [1.54, 1.807) is 11.0 Å². The number of ether oxygens (including phenoxy) is 1. The molecule has 0 atom stereocenters. The molecule has 1 N–H and O–H groups in total. The smallest absolute Gasteiger partial charge is 0.311 e. The average molecular weight is 370 g/mol. The van der Waals surface area contributed by atoms with Gasteiger partial charge in [0.15, 0.2) is 5.75 Å². The van der Waals surface area contributed by atoms with E-state index < -0.39 is 4.92 Å². The molecule has 0 spiro atoms. The Labute approximate surface area is 153 Å². The molecule has 2 fully saturated rings. The SMILES string of the molecule is COc1ccc(C(=O)N2CCC(NCC3CC3)CC2)cc1[N+](=O)[O-].Cl. The molecule has 1 aliphatic heterocycles. The predicted octanol–water partition coefficient (Wildman–Crippen LogP) is 2.63. The lowest BCUT2D eigenvalue weighted by Crippen LogP contribution is -2.45. The number of nitro benzene ring substituents is 1. The highest BCUT2D eigenvalue weighted by Crippen LogP contribution is 2.29. The first-order valence-electron chi connectivity index (χ1n) is 8.43. The molecular formula is C17H24ClN3O4. The van der Waals surface area contributed by atoms with E-state index in [4.69, 9.17) is 4.74 Å². The highest BCUT2D eigenvalue weighted by Gasteiger charge is 2.27. The summed E-state index contributed by atoms with van der Waals surface area (Å²) >= 11 is 0. The summed E-state index contributed by atoms with van der Waals surface area (Å²) in [6.45, 7) is 2.45. The van der Waals surface area contributed by atoms with Gasteiger partial charge in [-0.3, -0.25) is 14.9 Å². The molecule has 1 saturated carbocycles. The van der Waals surface area contributed by atoms with Gasteiger partial charge in [0, 0.05) is 30.8 Å². The van der Waals surface area contributed by atoms with Crippen LogP contribution >= 0.6 is 12.4 Å². The minimum atomic E-state index is -0.524. The van der Waals surface area contributed by atoms with E-state index in [9.17, 15) is 14.9 Å². The highest BCUT2D eigenvalue weighted by molar-refractivity contribution is 5.95. The summed E-state index contributed by atoms with van der Waals surface area (Å²) < 4.78 is 4.98. The number of hydrogen-bond acceptors (Lipinski definition) is 5. The first kappa shape index (κ1) is 19.5. The molecule has 1 amide bonds. The molecule has 25 heavy (non-hydrogen) atoms. The maximum absolute atomic E-state index is 12.6. The van der Waals surface area contributed by atoms with Crippen molar-refractivity contribution in [3.8, 4) is 5.75 Å². The first-order chi connectivity index (χ1) is 11.6. The molecule has 0 aromatic heterocycles. The van der Waals surface area contributed by atoms with Crippen LogP contribution in [0.4, 0.5) is 5.69 Å². The van der Waals surface area contributed by atoms with Crippen LogP contribution in [0.25, 0.3) is 0 Å². The Balaban J connectivity index is 0.00000225. The third-order valence-corrected chi connectivity index (χ3v) is 4.80. The van der Waals surface area contributed by atoms with E-state index in [2.05, 4.69) is 5.32 Å². The number of halogens is 1. The predicted molar refractivity (Wildman–Crippen MR) is 96.5 cm³/mol. The van der Waals surface area contributed by atoms with Crippen LogP contribution in [0.1, 0.15) is 36.0 Å². The molecule has 1 aromatic carbocycles. The largest absolute Gasteiger partial charge is 0.490 e. The quantitative estimate of drug-likeness (QED) is 0.615.